The summed E-state index contributed by atoms with van der Waals surface area (Å²) in [5.74, 6) is 0.0407. The molecule has 0 aliphatic carbocycles. The van der Waals surface area contributed by atoms with Gasteiger partial charge in [0, 0.05) is 39.2 Å². The van der Waals surface area contributed by atoms with Crippen molar-refractivity contribution in [2.45, 2.75) is 0 Å². The van der Waals surface area contributed by atoms with E-state index in [2.05, 4.69) is 53.1 Å². The van der Waals surface area contributed by atoms with Crippen molar-refractivity contribution in [1.29, 1.82) is 0 Å². The Hall–Kier alpha value is -6.79. The molecule has 0 saturated carbocycles. The van der Waals surface area contributed by atoms with Gasteiger partial charge in [0.1, 0.15) is 11.6 Å². The molecule has 51 heavy (non-hydrogen) atoms. The number of fused-ring (bicyclic) bond motifs is 3. The molecule has 0 aliphatic rings. The van der Waals surface area contributed by atoms with Crippen LogP contribution >= 0.6 is 0 Å². The predicted molar refractivity (Wildman–Crippen MR) is 201 cm³/mol. The number of halogens is 2. The molecule has 0 aliphatic heterocycles. The SMILES string of the molecule is Fc1cc(F)cc(-c2ccc(-n3c4ccccc4c4cc(-c5ccccc5)ccc43)cc2-c2nc(-c3ccccc3)nc(-c3ccccc3)n2)c1. The lowest BCUT2D eigenvalue weighted by atomic mass is 9.97. The lowest BCUT2D eigenvalue weighted by molar-refractivity contribution is 0.584. The molecule has 0 fully saturated rings. The van der Waals surface area contributed by atoms with Gasteiger partial charge in [-0.05, 0) is 64.7 Å². The smallest absolute Gasteiger partial charge is 0.164 e. The van der Waals surface area contributed by atoms with E-state index in [1.165, 1.54) is 12.1 Å². The molecular formula is C45H28F2N4. The van der Waals surface area contributed by atoms with E-state index < -0.39 is 11.6 Å². The monoisotopic (exact) mass is 662 g/mol. The summed E-state index contributed by atoms with van der Waals surface area (Å²) in [5, 5.41) is 2.23. The second kappa shape index (κ2) is 12.6. The van der Waals surface area contributed by atoms with Crippen LogP contribution in [0.5, 0.6) is 0 Å². The van der Waals surface area contributed by atoms with Crippen molar-refractivity contribution in [2.24, 2.45) is 0 Å². The molecule has 0 bridgehead atoms. The number of rotatable bonds is 6. The summed E-state index contributed by atoms with van der Waals surface area (Å²) in [6.45, 7) is 0. The van der Waals surface area contributed by atoms with Crippen molar-refractivity contribution >= 4 is 21.8 Å². The molecule has 6 heteroatoms. The summed E-state index contributed by atoms with van der Waals surface area (Å²) in [6.07, 6.45) is 0. The number of benzene rings is 7. The van der Waals surface area contributed by atoms with Gasteiger partial charge in [0.05, 0.1) is 11.0 Å². The highest BCUT2D eigenvalue weighted by Gasteiger charge is 2.20. The predicted octanol–water partition coefficient (Wildman–Crippen LogP) is 11.6. The van der Waals surface area contributed by atoms with Crippen LogP contribution in [0.15, 0.2) is 170 Å². The fourth-order valence-electron chi connectivity index (χ4n) is 6.81. The number of para-hydroxylation sites is 1. The summed E-state index contributed by atoms with van der Waals surface area (Å²) < 4.78 is 31.7. The Morgan fingerprint density at radius 1 is 0.353 bits per heavy atom. The number of aromatic nitrogens is 4. The second-order valence-electron chi connectivity index (χ2n) is 12.4. The van der Waals surface area contributed by atoms with Crippen molar-refractivity contribution < 1.29 is 8.78 Å². The minimum Gasteiger partial charge on any atom is -0.309 e. The Bertz CT molecular complexity index is 2630. The zero-order chi connectivity index (χ0) is 34.3. The maximum atomic E-state index is 14.7. The zero-order valence-corrected chi connectivity index (χ0v) is 27.2. The van der Waals surface area contributed by atoms with E-state index >= 15 is 0 Å². The van der Waals surface area contributed by atoms with E-state index in [1.807, 2.05) is 103 Å². The number of nitrogens with zero attached hydrogens (tertiary/aromatic N) is 4. The fourth-order valence-corrected chi connectivity index (χ4v) is 6.81. The van der Waals surface area contributed by atoms with Crippen LogP contribution in [-0.2, 0) is 0 Å². The Labute approximate surface area is 293 Å². The Balaban J connectivity index is 1.32. The van der Waals surface area contributed by atoms with E-state index in [-0.39, 0.29) is 0 Å². The molecule has 0 radical (unpaired) electrons. The third kappa shape index (κ3) is 5.63. The third-order valence-electron chi connectivity index (χ3n) is 9.15. The standard InChI is InChI=1S/C45H28F2N4/c46-34-24-33(25-35(47)27-34)37-22-21-36(51-41-19-11-10-18-38(41)39-26-32(20-23-42(39)51)29-12-4-1-5-13-29)28-40(37)45-49-43(30-14-6-2-7-15-30)48-44(50-45)31-16-8-3-9-17-31/h1-28H. The fraction of sp³-hybridized carbons (Fsp3) is 0. The summed E-state index contributed by atoms with van der Waals surface area (Å²) in [6, 6.07) is 54.1. The Kier molecular flexibility index (Phi) is 7.47. The Morgan fingerprint density at radius 3 is 1.55 bits per heavy atom. The number of hydrogen-bond donors (Lipinski definition) is 0. The normalized spacial score (nSPS) is 11.3. The van der Waals surface area contributed by atoms with Crippen LogP contribution < -0.4 is 0 Å². The molecule has 0 spiro atoms. The number of hydrogen-bond acceptors (Lipinski definition) is 3. The van der Waals surface area contributed by atoms with Crippen LogP contribution in [-0.4, -0.2) is 19.5 Å². The van der Waals surface area contributed by atoms with Crippen LogP contribution in [0.1, 0.15) is 0 Å². The van der Waals surface area contributed by atoms with Gasteiger partial charge >= 0.3 is 0 Å². The van der Waals surface area contributed by atoms with Crippen molar-refractivity contribution in [3.63, 3.8) is 0 Å². The first-order valence-corrected chi connectivity index (χ1v) is 16.7. The summed E-state index contributed by atoms with van der Waals surface area (Å²) in [7, 11) is 0. The van der Waals surface area contributed by atoms with Crippen molar-refractivity contribution in [3.05, 3.63) is 181 Å². The maximum absolute atomic E-state index is 14.7. The van der Waals surface area contributed by atoms with Crippen molar-refractivity contribution in [2.75, 3.05) is 0 Å². The molecule has 0 N–H and O–H groups in total. The van der Waals surface area contributed by atoms with Gasteiger partial charge in [-0.2, -0.15) is 0 Å². The largest absolute Gasteiger partial charge is 0.309 e. The van der Waals surface area contributed by atoms with E-state index in [1.54, 1.807) is 0 Å². The van der Waals surface area contributed by atoms with Crippen LogP contribution in [0.25, 0.3) is 83.9 Å². The molecule has 0 saturated heterocycles. The van der Waals surface area contributed by atoms with Crippen LogP contribution in [0.3, 0.4) is 0 Å². The van der Waals surface area contributed by atoms with Crippen LogP contribution in [0.2, 0.25) is 0 Å². The summed E-state index contributed by atoms with van der Waals surface area (Å²) in [4.78, 5) is 14.9. The van der Waals surface area contributed by atoms with Gasteiger partial charge in [0.25, 0.3) is 0 Å². The second-order valence-corrected chi connectivity index (χ2v) is 12.4. The minimum atomic E-state index is -0.665. The molecule has 2 heterocycles. The minimum absolute atomic E-state index is 0.381. The topological polar surface area (TPSA) is 43.6 Å². The third-order valence-corrected chi connectivity index (χ3v) is 9.15. The van der Waals surface area contributed by atoms with Crippen molar-refractivity contribution in [1.82, 2.24) is 19.5 Å². The van der Waals surface area contributed by atoms with Crippen LogP contribution in [0.4, 0.5) is 8.78 Å². The molecule has 0 atom stereocenters. The lowest BCUT2D eigenvalue weighted by Crippen LogP contribution is -2.02. The summed E-state index contributed by atoms with van der Waals surface area (Å²) >= 11 is 0. The van der Waals surface area contributed by atoms with E-state index in [0.29, 0.717) is 34.2 Å². The molecule has 2 aromatic heterocycles. The van der Waals surface area contributed by atoms with E-state index in [9.17, 15) is 8.78 Å². The first-order chi connectivity index (χ1) is 25.1. The molecule has 4 nitrogen and oxygen atoms in total. The van der Waals surface area contributed by atoms with Crippen molar-refractivity contribution in [3.8, 4) is 62.1 Å². The molecule has 242 valence electrons. The quantitative estimate of drug-likeness (QED) is 0.178. The van der Waals surface area contributed by atoms with Gasteiger partial charge in [0.2, 0.25) is 0 Å². The van der Waals surface area contributed by atoms with Gasteiger partial charge in [-0.15, -0.1) is 0 Å². The first kappa shape index (κ1) is 30.3. The average Bonchev–Trinajstić information content (AvgIpc) is 3.52. The molecule has 9 rings (SSSR count). The molecule has 7 aromatic carbocycles. The average molecular weight is 663 g/mol. The molecular weight excluding hydrogens is 635 g/mol. The van der Waals surface area contributed by atoms with Gasteiger partial charge in [0.15, 0.2) is 17.5 Å². The molecule has 0 unspecified atom stereocenters. The van der Waals surface area contributed by atoms with E-state index in [4.69, 9.17) is 15.0 Å². The molecule has 0 amide bonds. The summed E-state index contributed by atoms with van der Waals surface area (Å²) in [5.41, 5.74) is 8.41. The van der Waals surface area contributed by atoms with Crippen LogP contribution in [0, 0.1) is 11.6 Å². The first-order valence-electron chi connectivity index (χ1n) is 16.7. The van der Waals surface area contributed by atoms with Gasteiger partial charge in [-0.25, -0.2) is 23.7 Å². The Morgan fingerprint density at radius 2 is 0.902 bits per heavy atom. The van der Waals surface area contributed by atoms with Gasteiger partial charge in [-0.1, -0.05) is 121 Å². The molecule has 9 aromatic rings. The lowest BCUT2D eigenvalue weighted by Gasteiger charge is -2.16. The van der Waals surface area contributed by atoms with E-state index in [0.717, 1.165) is 55.8 Å². The highest BCUT2D eigenvalue weighted by molar-refractivity contribution is 6.10. The van der Waals surface area contributed by atoms with Gasteiger partial charge < -0.3 is 4.57 Å². The maximum Gasteiger partial charge on any atom is 0.164 e. The highest BCUT2D eigenvalue weighted by atomic mass is 19.1. The zero-order valence-electron chi connectivity index (χ0n) is 27.2. The van der Waals surface area contributed by atoms with Gasteiger partial charge in [-0.3, -0.25) is 0 Å². The highest BCUT2D eigenvalue weighted by Crippen LogP contribution is 2.39.